The molecule has 192 valence electrons. The summed E-state index contributed by atoms with van der Waals surface area (Å²) in [4.78, 5) is 20.0. The van der Waals surface area contributed by atoms with Crippen LogP contribution in [0.3, 0.4) is 0 Å². The number of rotatable bonds is 6. The van der Waals surface area contributed by atoms with Gasteiger partial charge in [-0.15, -0.1) is 0 Å². The zero-order valence-electron chi connectivity index (χ0n) is 20.1. The highest BCUT2D eigenvalue weighted by Gasteiger charge is 2.37. The van der Waals surface area contributed by atoms with Crippen molar-refractivity contribution in [1.82, 2.24) is 4.98 Å². The molecule has 1 saturated carbocycles. The molecule has 1 heterocycles. The Morgan fingerprint density at radius 3 is 2.42 bits per heavy atom. The Bertz CT molecular complexity index is 1240. The molecular weight excluding hydrogens is 491 g/mol. The molecule has 1 aliphatic carbocycles. The number of halogens is 4. The van der Waals surface area contributed by atoms with E-state index in [-0.39, 0.29) is 29.2 Å². The van der Waals surface area contributed by atoms with Crippen LogP contribution in [0.25, 0.3) is 10.9 Å². The van der Waals surface area contributed by atoms with E-state index in [1.54, 1.807) is 0 Å². The second kappa shape index (κ2) is 10.4. The van der Waals surface area contributed by atoms with Crippen molar-refractivity contribution in [2.45, 2.75) is 37.9 Å². The lowest BCUT2D eigenvalue weighted by Crippen LogP contribution is -2.42. The number of pyridine rings is 1. The summed E-state index contributed by atoms with van der Waals surface area (Å²) in [6, 6.07) is 12.6. The highest BCUT2D eigenvalue weighted by molar-refractivity contribution is 6.30. The van der Waals surface area contributed by atoms with Crippen molar-refractivity contribution >= 4 is 45.7 Å². The van der Waals surface area contributed by atoms with Crippen molar-refractivity contribution in [3.05, 3.63) is 59.1 Å². The predicted octanol–water partition coefficient (Wildman–Crippen LogP) is 6.53. The van der Waals surface area contributed by atoms with E-state index in [1.807, 2.05) is 44.4 Å². The van der Waals surface area contributed by atoms with Crippen LogP contribution in [0.1, 0.15) is 31.2 Å². The molecule has 2 amide bonds. The number of aromatic nitrogens is 1. The van der Waals surface area contributed by atoms with Crippen LogP contribution in [-0.2, 0) is 6.18 Å². The van der Waals surface area contributed by atoms with Gasteiger partial charge in [-0.1, -0.05) is 29.8 Å². The van der Waals surface area contributed by atoms with Crippen LogP contribution in [-0.4, -0.2) is 37.7 Å². The molecule has 3 aromatic rings. The third kappa shape index (κ3) is 5.78. The number of urea groups is 1. The number of nitrogens with one attached hydrogen (secondary N) is 1. The first kappa shape index (κ1) is 25.9. The summed E-state index contributed by atoms with van der Waals surface area (Å²) in [5.41, 5.74) is 6.25. The van der Waals surface area contributed by atoms with Crippen LogP contribution >= 0.6 is 11.6 Å². The Morgan fingerprint density at radius 1 is 1.08 bits per heavy atom. The van der Waals surface area contributed by atoms with Gasteiger partial charge in [0.15, 0.2) is 0 Å². The highest BCUT2D eigenvalue weighted by atomic mass is 35.5. The molecule has 0 atom stereocenters. The number of amides is 2. The van der Waals surface area contributed by atoms with E-state index < -0.39 is 17.8 Å². The molecule has 10 heteroatoms. The van der Waals surface area contributed by atoms with Gasteiger partial charge in [-0.05, 0) is 55.9 Å². The average Bonchev–Trinajstić information content (AvgIpc) is 2.82. The van der Waals surface area contributed by atoms with Crippen LogP contribution < -0.4 is 20.9 Å². The van der Waals surface area contributed by atoms with Crippen molar-refractivity contribution in [3.8, 4) is 0 Å². The van der Waals surface area contributed by atoms with E-state index in [9.17, 15) is 18.0 Å². The van der Waals surface area contributed by atoms with E-state index in [1.165, 1.54) is 12.1 Å². The number of para-hydroxylation sites is 1. The van der Waals surface area contributed by atoms with Gasteiger partial charge >= 0.3 is 12.2 Å². The summed E-state index contributed by atoms with van der Waals surface area (Å²) in [7, 11) is 3.98. The number of fused-ring (bicyclic) bond motifs is 1. The number of hydrogen-bond donors (Lipinski definition) is 2. The maximum absolute atomic E-state index is 13.6. The molecule has 0 saturated heterocycles. The maximum atomic E-state index is 13.6. The van der Waals surface area contributed by atoms with Crippen molar-refractivity contribution in [2.24, 2.45) is 11.7 Å². The number of hydrogen-bond acceptors (Lipinski definition) is 4. The predicted molar refractivity (Wildman–Crippen MR) is 139 cm³/mol. The summed E-state index contributed by atoms with van der Waals surface area (Å²) < 4.78 is 40.8. The lowest BCUT2D eigenvalue weighted by atomic mass is 9.85. The largest absolute Gasteiger partial charge is 0.418 e. The van der Waals surface area contributed by atoms with Gasteiger partial charge in [0.25, 0.3) is 0 Å². The third-order valence-corrected chi connectivity index (χ3v) is 6.87. The molecule has 6 nitrogen and oxygen atoms in total. The number of nitrogens with two attached hydrogens (primary N) is 1. The number of alkyl halides is 3. The van der Waals surface area contributed by atoms with Crippen LogP contribution in [0.2, 0.25) is 5.02 Å². The van der Waals surface area contributed by atoms with Crippen molar-refractivity contribution in [3.63, 3.8) is 0 Å². The lowest BCUT2D eigenvalue weighted by molar-refractivity contribution is -0.137. The van der Waals surface area contributed by atoms with Gasteiger partial charge in [0, 0.05) is 48.8 Å². The smallest absolute Gasteiger partial charge is 0.377 e. The minimum Gasteiger partial charge on any atom is -0.377 e. The Kier molecular flexibility index (Phi) is 7.49. The van der Waals surface area contributed by atoms with Crippen molar-refractivity contribution in [1.29, 1.82) is 0 Å². The topological polar surface area (TPSA) is 74.5 Å². The van der Waals surface area contributed by atoms with E-state index in [0.717, 1.165) is 59.1 Å². The fourth-order valence-corrected chi connectivity index (χ4v) is 5.01. The molecule has 0 bridgehead atoms. The second-order valence-electron chi connectivity index (χ2n) is 9.41. The van der Waals surface area contributed by atoms with Crippen molar-refractivity contribution < 1.29 is 18.0 Å². The van der Waals surface area contributed by atoms with Gasteiger partial charge in [0.05, 0.1) is 16.8 Å². The van der Waals surface area contributed by atoms with Gasteiger partial charge in [-0.25, -0.2) is 9.78 Å². The van der Waals surface area contributed by atoms with Crippen LogP contribution in [0.15, 0.2) is 48.5 Å². The summed E-state index contributed by atoms with van der Waals surface area (Å²) in [5, 5.41) is 4.54. The first-order valence-electron chi connectivity index (χ1n) is 11.8. The molecule has 1 fully saturated rings. The number of primary amides is 1. The zero-order chi connectivity index (χ0) is 26.0. The van der Waals surface area contributed by atoms with E-state index >= 15 is 0 Å². The summed E-state index contributed by atoms with van der Waals surface area (Å²) in [6.45, 7) is 0.117. The standard InChI is InChI=1S/C26H29ClF3N5O/c1-34(2)23-14-24(33-21-6-4-3-5-19(21)23)32-18-10-7-16(8-11-18)15-35(25(31)36)22-12-9-17(27)13-20(22)26(28,29)30/h3-6,9,12-14,16,18H,7-8,10-11,15H2,1-2H3,(H2,31,36)(H,32,33)/t16-,18+. The monoisotopic (exact) mass is 519 g/mol. The number of carbonyl (C=O) groups excluding carboxylic acids is 1. The van der Waals surface area contributed by atoms with Gasteiger partial charge in [0.1, 0.15) is 5.82 Å². The molecule has 36 heavy (non-hydrogen) atoms. The summed E-state index contributed by atoms with van der Waals surface area (Å²) >= 11 is 5.79. The van der Waals surface area contributed by atoms with E-state index in [2.05, 4.69) is 10.2 Å². The van der Waals surface area contributed by atoms with E-state index in [4.69, 9.17) is 22.3 Å². The Balaban J connectivity index is 1.45. The van der Waals surface area contributed by atoms with Gasteiger partial charge in [0.2, 0.25) is 0 Å². The minimum atomic E-state index is -4.66. The molecule has 0 unspecified atom stereocenters. The van der Waals surface area contributed by atoms with Crippen molar-refractivity contribution in [2.75, 3.05) is 35.8 Å². The number of carbonyl (C=O) groups is 1. The van der Waals surface area contributed by atoms with Crippen LogP contribution in [0.5, 0.6) is 0 Å². The number of anilines is 3. The Hall–Kier alpha value is -3.20. The SMILES string of the molecule is CN(C)c1cc(N[C@H]2CC[C@@H](CN(C(N)=O)c3ccc(Cl)cc3C(F)(F)F)CC2)nc2ccccc12. The van der Waals surface area contributed by atoms with Gasteiger partial charge in [-0.2, -0.15) is 13.2 Å². The molecular formula is C26H29ClF3N5O. The van der Waals surface area contributed by atoms with E-state index in [0.29, 0.717) is 0 Å². The fourth-order valence-electron chi connectivity index (χ4n) is 4.84. The molecule has 1 aliphatic rings. The first-order chi connectivity index (χ1) is 17.0. The normalized spacial score (nSPS) is 18.2. The molecule has 2 aromatic carbocycles. The van der Waals surface area contributed by atoms with Crippen LogP contribution in [0.4, 0.5) is 35.2 Å². The molecule has 0 radical (unpaired) electrons. The highest BCUT2D eigenvalue weighted by Crippen LogP contribution is 2.39. The maximum Gasteiger partial charge on any atom is 0.418 e. The number of benzene rings is 2. The molecule has 3 N–H and O–H groups in total. The quantitative estimate of drug-likeness (QED) is 0.388. The number of nitrogens with zero attached hydrogens (tertiary/aromatic N) is 3. The summed E-state index contributed by atoms with van der Waals surface area (Å²) in [6.07, 6.45) is -1.57. The zero-order valence-corrected chi connectivity index (χ0v) is 20.9. The third-order valence-electron chi connectivity index (χ3n) is 6.64. The first-order valence-corrected chi connectivity index (χ1v) is 12.2. The molecule has 1 aromatic heterocycles. The average molecular weight is 520 g/mol. The minimum absolute atomic E-state index is 0.0224. The Labute approximate surface area is 213 Å². The molecule has 4 rings (SSSR count). The summed E-state index contributed by atoms with van der Waals surface area (Å²) in [5.74, 6) is 0.810. The van der Waals surface area contributed by atoms with Gasteiger partial charge in [-0.3, -0.25) is 4.90 Å². The Morgan fingerprint density at radius 2 is 1.78 bits per heavy atom. The molecule has 0 spiro atoms. The lowest BCUT2D eigenvalue weighted by Gasteiger charge is -2.33. The van der Waals surface area contributed by atoms with Gasteiger partial charge < -0.3 is 16.0 Å². The fraction of sp³-hybridized carbons (Fsp3) is 0.385. The van der Waals surface area contributed by atoms with Crippen LogP contribution in [0, 0.1) is 5.92 Å². The molecule has 0 aliphatic heterocycles. The second-order valence-corrected chi connectivity index (χ2v) is 9.84.